The van der Waals surface area contributed by atoms with Crippen molar-refractivity contribution in [3.8, 4) is 33.6 Å². The third-order valence-corrected chi connectivity index (χ3v) is 10.4. The summed E-state index contributed by atoms with van der Waals surface area (Å²) in [6.07, 6.45) is 0. The van der Waals surface area contributed by atoms with E-state index in [1.807, 2.05) is 12.1 Å². The van der Waals surface area contributed by atoms with E-state index in [-0.39, 0.29) is 0 Å². The van der Waals surface area contributed by atoms with Gasteiger partial charge in [-0.2, -0.15) is 0 Å². The molecule has 0 saturated heterocycles. The Bertz CT molecular complexity index is 3190. The molecule has 0 N–H and O–H groups in total. The topological polar surface area (TPSA) is 38.9 Å². The van der Waals surface area contributed by atoms with Crippen LogP contribution in [-0.2, 0) is 0 Å². The van der Waals surface area contributed by atoms with Crippen LogP contribution in [0.15, 0.2) is 174 Å². The Morgan fingerprint density at radius 1 is 0.333 bits per heavy atom. The summed E-state index contributed by atoms with van der Waals surface area (Å²) in [6, 6.07) is 60.2. The van der Waals surface area contributed by atoms with E-state index in [1.165, 1.54) is 48.8 Å². The number of aromatic nitrogens is 2. The summed E-state index contributed by atoms with van der Waals surface area (Å²) in [5.41, 5.74) is 10.1. The second-order valence-electron chi connectivity index (χ2n) is 13.3. The molecular formula is C48H28N2O. The fourth-order valence-electron chi connectivity index (χ4n) is 8.08. The Labute approximate surface area is 293 Å². The number of benzene rings is 8. The summed E-state index contributed by atoms with van der Waals surface area (Å²) in [5.74, 6) is 0. The van der Waals surface area contributed by atoms with Crippen LogP contribution < -0.4 is 0 Å². The van der Waals surface area contributed by atoms with Crippen LogP contribution >= 0.6 is 0 Å². The molecular weight excluding hydrogens is 621 g/mol. The molecule has 0 amide bonds. The zero-order valence-corrected chi connectivity index (χ0v) is 27.5. The van der Waals surface area contributed by atoms with Crippen molar-refractivity contribution < 1.29 is 4.42 Å². The van der Waals surface area contributed by atoms with Crippen molar-refractivity contribution in [3.05, 3.63) is 170 Å². The van der Waals surface area contributed by atoms with E-state index in [9.17, 15) is 0 Å². The third-order valence-electron chi connectivity index (χ3n) is 10.4. The maximum atomic E-state index is 6.30. The van der Waals surface area contributed by atoms with Crippen LogP contribution in [0.1, 0.15) is 0 Å². The van der Waals surface area contributed by atoms with Gasteiger partial charge in [-0.3, -0.25) is 0 Å². The van der Waals surface area contributed by atoms with Crippen molar-refractivity contribution in [1.82, 2.24) is 9.97 Å². The fraction of sp³-hybridized carbons (Fsp3) is 0. The molecule has 11 aromatic rings. The summed E-state index contributed by atoms with van der Waals surface area (Å²) < 4.78 is 6.30. The van der Waals surface area contributed by atoms with Crippen molar-refractivity contribution in [2.24, 2.45) is 0 Å². The number of pyridine rings is 2. The summed E-state index contributed by atoms with van der Waals surface area (Å²) >= 11 is 0. The molecule has 51 heavy (non-hydrogen) atoms. The standard InChI is InChI=1S/C48H28N2O/c1-2-10-29(11-3-1)41-25-20-30-18-19-31-21-26-42(50-48(31)47(30)49-41)37-24-23-36(33-12-4-5-13-34(33)37)40-28-32-22-27-44-46(39-16-8-9-17-43(39)51-44)45(32)38-15-7-6-14-35(38)40/h1-28H. The average Bonchev–Trinajstić information content (AvgIpc) is 3.59. The highest BCUT2D eigenvalue weighted by atomic mass is 16.3. The van der Waals surface area contributed by atoms with Crippen LogP contribution in [0.5, 0.6) is 0 Å². The van der Waals surface area contributed by atoms with E-state index in [1.54, 1.807) is 0 Å². The van der Waals surface area contributed by atoms with Crippen LogP contribution in [0.2, 0.25) is 0 Å². The highest BCUT2D eigenvalue weighted by Crippen LogP contribution is 2.44. The molecule has 0 spiro atoms. The summed E-state index contributed by atoms with van der Waals surface area (Å²) in [7, 11) is 0. The first-order valence-electron chi connectivity index (χ1n) is 17.3. The molecule has 236 valence electrons. The van der Waals surface area contributed by atoms with Crippen LogP contribution in [0.4, 0.5) is 0 Å². The van der Waals surface area contributed by atoms with Gasteiger partial charge in [-0.15, -0.1) is 0 Å². The van der Waals surface area contributed by atoms with Crippen molar-refractivity contribution >= 4 is 76.1 Å². The zero-order valence-electron chi connectivity index (χ0n) is 27.5. The SMILES string of the molecule is c1ccc(-c2ccc3ccc4ccc(-c5ccc(-c6cc7ccc8oc9ccccc9c8c7c7ccccc67)c6ccccc56)nc4c3n2)cc1. The van der Waals surface area contributed by atoms with Gasteiger partial charge >= 0.3 is 0 Å². The molecule has 3 aromatic heterocycles. The highest BCUT2D eigenvalue weighted by Gasteiger charge is 2.18. The van der Waals surface area contributed by atoms with Gasteiger partial charge in [-0.25, -0.2) is 9.97 Å². The Morgan fingerprint density at radius 2 is 0.882 bits per heavy atom. The van der Waals surface area contributed by atoms with Gasteiger partial charge < -0.3 is 4.42 Å². The smallest absolute Gasteiger partial charge is 0.136 e. The normalized spacial score (nSPS) is 11.9. The lowest BCUT2D eigenvalue weighted by Crippen LogP contribution is -1.92. The first-order valence-corrected chi connectivity index (χ1v) is 17.3. The maximum absolute atomic E-state index is 6.30. The number of rotatable bonds is 3. The number of hydrogen-bond donors (Lipinski definition) is 0. The number of hydrogen-bond acceptors (Lipinski definition) is 3. The molecule has 3 heteroatoms. The van der Waals surface area contributed by atoms with Gasteiger partial charge in [0.25, 0.3) is 0 Å². The van der Waals surface area contributed by atoms with Gasteiger partial charge in [0.1, 0.15) is 11.2 Å². The summed E-state index contributed by atoms with van der Waals surface area (Å²) in [5, 5.41) is 11.7. The predicted molar refractivity (Wildman–Crippen MR) is 213 cm³/mol. The molecule has 0 atom stereocenters. The second kappa shape index (κ2) is 10.8. The summed E-state index contributed by atoms with van der Waals surface area (Å²) in [4.78, 5) is 10.5. The van der Waals surface area contributed by atoms with Crippen molar-refractivity contribution in [3.63, 3.8) is 0 Å². The molecule has 0 fully saturated rings. The van der Waals surface area contributed by atoms with Crippen molar-refractivity contribution in [1.29, 1.82) is 0 Å². The average molecular weight is 649 g/mol. The van der Waals surface area contributed by atoms with Gasteiger partial charge in [-0.05, 0) is 68.4 Å². The van der Waals surface area contributed by atoms with Crippen LogP contribution in [0.3, 0.4) is 0 Å². The van der Waals surface area contributed by atoms with Crippen LogP contribution in [0.25, 0.3) is 110 Å². The second-order valence-corrected chi connectivity index (χ2v) is 13.3. The van der Waals surface area contributed by atoms with E-state index in [0.29, 0.717) is 0 Å². The molecule has 3 heterocycles. The quantitative estimate of drug-likeness (QED) is 0.179. The van der Waals surface area contributed by atoms with E-state index >= 15 is 0 Å². The van der Waals surface area contributed by atoms with Gasteiger partial charge in [0.05, 0.1) is 22.4 Å². The lowest BCUT2D eigenvalue weighted by atomic mass is 9.88. The molecule has 8 aromatic carbocycles. The van der Waals surface area contributed by atoms with Gasteiger partial charge in [0, 0.05) is 38.1 Å². The maximum Gasteiger partial charge on any atom is 0.136 e. The minimum Gasteiger partial charge on any atom is -0.456 e. The lowest BCUT2D eigenvalue weighted by molar-refractivity contribution is 0.669. The Balaban J connectivity index is 1.13. The number of fused-ring (bicyclic) bond motifs is 11. The van der Waals surface area contributed by atoms with E-state index < -0.39 is 0 Å². The zero-order chi connectivity index (χ0) is 33.5. The first-order chi connectivity index (χ1) is 25.3. The molecule has 0 saturated carbocycles. The van der Waals surface area contributed by atoms with Gasteiger partial charge in [0.2, 0.25) is 0 Å². The fourth-order valence-corrected chi connectivity index (χ4v) is 8.08. The van der Waals surface area contributed by atoms with E-state index in [2.05, 4.69) is 158 Å². The molecule has 0 aliphatic rings. The van der Waals surface area contributed by atoms with Crippen LogP contribution in [0, 0.1) is 0 Å². The minimum atomic E-state index is 0.912. The Kier molecular flexibility index (Phi) is 5.96. The first kappa shape index (κ1) is 28.0. The molecule has 0 bridgehead atoms. The van der Waals surface area contributed by atoms with Crippen molar-refractivity contribution in [2.45, 2.75) is 0 Å². The number of furan rings is 1. The Morgan fingerprint density at radius 3 is 1.65 bits per heavy atom. The van der Waals surface area contributed by atoms with Crippen LogP contribution in [-0.4, -0.2) is 9.97 Å². The molecule has 0 aliphatic carbocycles. The molecule has 0 radical (unpaired) electrons. The van der Waals surface area contributed by atoms with E-state index in [4.69, 9.17) is 14.4 Å². The number of para-hydroxylation sites is 1. The lowest BCUT2D eigenvalue weighted by Gasteiger charge is -2.16. The number of nitrogens with zero attached hydrogens (tertiary/aromatic N) is 2. The predicted octanol–water partition coefficient (Wildman–Crippen LogP) is 13.1. The molecule has 0 unspecified atom stereocenters. The molecule has 0 aliphatic heterocycles. The third kappa shape index (κ3) is 4.25. The Hall–Kier alpha value is -6.84. The monoisotopic (exact) mass is 648 g/mol. The van der Waals surface area contributed by atoms with Gasteiger partial charge in [-0.1, -0.05) is 140 Å². The molecule has 3 nitrogen and oxygen atoms in total. The summed E-state index contributed by atoms with van der Waals surface area (Å²) in [6.45, 7) is 0. The van der Waals surface area contributed by atoms with Crippen molar-refractivity contribution in [2.75, 3.05) is 0 Å². The molecule has 11 rings (SSSR count). The largest absolute Gasteiger partial charge is 0.456 e. The minimum absolute atomic E-state index is 0.912. The highest BCUT2D eigenvalue weighted by molar-refractivity contribution is 6.29. The van der Waals surface area contributed by atoms with Gasteiger partial charge in [0.15, 0.2) is 0 Å². The van der Waals surface area contributed by atoms with E-state index in [0.717, 1.165) is 60.9 Å².